The molecule has 0 saturated carbocycles. The van der Waals surface area contributed by atoms with Crippen molar-refractivity contribution >= 4 is 6.03 Å². The number of benzene rings is 1. The van der Waals surface area contributed by atoms with Crippen LogP contribution in [0.3, 0.4) is 0 Å². The van der Waals surface area contributed by atoms with Gasteiger partial charge in [-0.1, -0.05) is 12.1 Å². The van der Waals surface area contributed by atoms with Gasteiger partial charge < -0.3 is 15.3 Å². The van der Waals surface area contributed by atoms with Gasteiger partial charge in [0.1, 0.15) is 5.82 Å². The van der Waals surface area contributed by atoms with E-state index in [1.807, 2.05) is 13.8 Å². The average molecular weight is 282 g/mol. The molecule has 0 saturated heterocycles. The Balaban J connectivity index is 2.62. The summed E-state index contributed by atoms with van der Waals surface area (Å²) in [6, 6.07) is 4.52. The quantitative estimate of drug-likeness (QED) is 0.871. The van der Waals surface area contributed by atoms with E-state index in [-0.39, 0.29) is 24.4 Å². The molecule has 0 aliphatic carbocycles. The summed E-state index contributed by atoms with van der Waals surface area (Å²) in [6.07, 6.45) is -0.573. The van der Waals surface area contributed by atoms with Crippen LogP contribution in [-0.4, -0.2) is 34.7 Å². The molecule has 20 heavy (non-hydrogen) atoms. The lowest BCUT2D eigenvalue weighted by Crippen LogP contribution is -2.46. The van der Waals surface area contributed by atoms with Crippen molar-refractivity contribution in [2.75, 3.05) is 6.54 Å². The molecule has 1 aromatic rings. The molecule has 1 atom stereocenters. The molecular formula is C15H23FN2O2. The van der Waals surface area contributed by atoms with Crippen molar-refractivity contribution in [2.45, 2.75) is 46.4 Å². The summed E-state index contributed by atoms with van der Waals surface area (Å²) in [5.74, 6) is -0.252. The van der Waals surface area contributed by atoms with Gasteiger partial charge in [0, 0.05) is 19.1 Å². The number of hydrogen-bond acceptors (Lipinski definition) is 2. The van der Waals surface area contributed by atoms with Gasteiger partial charge >= 0.3 is 6.03 Å². The number of urea groups is 1. The number of halogens is 1. The Morgan fingerprint density at radius 2 is 2.05 bits per heavy atom. The van der Waals surface area contributed by atoms with Crippen LogP contribution in [0.2, 0.25) is 0 Å². The molecule has 0 bridgehead atoms. The highest BCUT2D eigenvalue weighted by Gasteiger charge is 2.18. The molecule has 2 N–H and O–H groups in total. The second-order valence-corrected chi connectivity index (χ2v) is 5.34. The number of nitrogens with one attached hydrogen (secondary N) is 1. The number of hydrogen-bond donors (Lipinski definition) is 2. The summed E-state index contributed by atoms with van der Waals surface area (Å²) in [5, 5.41) is 12.2. The lowest BCUT2D eigenvalue weighted by Gasteiger charge is -2.28. The van der Waals surface area contributed by atoms with Gasteiger partial charge in [0.25, 0.3) is 0 Å². The summed E-state index contributed by atoms with van der Waals surface area (Å²) in [7, 11) is 0. The van der Waals surface area contributed by atoms with Crippen LogP contribution in [0.25, 0.3) is 0 Å². The van der Waals surface area contributed by atoms with Crippen LogP contribution in [-0.2, 0) is 6.54 Å². The molecule has 112 valence electrons. The Kier molecular flexibility index (Phi) is 5.95. The number of aliphatic hydroxyl groups excluding tert-OH is 1. The highest BCUT2D eigenvalue weighted by atomic mass is 19.1. The number of nitrogens with zero attached hydrogens (tertiary/aromatic N) is 1. The third-order valence-corrected chi connectivity index (χ3v) is 3.01. The van der Waals surface area contributed by atoms with Crippen LogP contribution < -0.4 is 5.32 Å². The van der Waals surface area contributed by atoms with Crippen molar-refractivity contribution in [1.82, 2.24) is 10.2 Å². The monoisotopic (exact) mass is 282 g/mol. The van der Waals surface area contributed by atoms with Crippen molar-refractivity contribution < 1.29 is 14.3 Å². The fourth-order valence-electron chi connectivity index (χ4n) is 1.91. The number of amides is 2. The van der Waals surface area contributed by atoms with Crippen LogP contribution in [0.4, 0.5) is 9.18 Å². The molecule has 1 unspecified atom stereocenters. The maximum absolute atomic E-state index is 13.2. The van der Waals surface area contributed by atoms with Crippen LogP contribution in [0.1, 0.15) is 31.9 Å². The van der Waals surface area contributed by atoms with Gasteiger partial charge in [-0.25, -0.2) is 9.18 Å². The largest absolute Gasteiger partial charge is 0.392 e. The van der Waals surface area contributed by atoms with Crippen LogP contribution in [0, 0.1) is 12.7 Å². The third kappa shape index (κ3) is 4.81. The molecule has 2 amide bonds. The molecule has 0 fully saturated rings. The summed E-state index contributed by atoms with van der Waals surface area (Å²) in [4.78, 5) is 13.6. The molecular weight excluding hydrogens is 259 g/mol. The topological polar surface area (TPSA) is 52.6 Å². The molecule has 1 aromatic carbocycles. The molecule has 4 nitrogen and oxygen atoms in total. The Morgan fingerprint density at radius 3 is 2.55 bits per heavy atom. The maximum atomic E-state index is 13.2. The van der Waals surface area contributed by atoms with Crippen LogP contribution in [0.15, 0.2) is 18.2 Å². The second kappa shape index (κ2) is 7.24. The van der Waals surface area contributed by atoms with E-state index < -0.39 is 6.10 Å². The third-order valence-electron chi connectivity index (χ3n) is 3.01. The maximum Gasteiger partial charge on any atom is 0.317 e. The normalized spacial score (nSPS) is 12.3. The minimum atomic E-state index is -0.573. The molecule has 0 spiro atoms. The number of aliphatic hydroxyl groups is 1. The van der Waals surface area contributed by atoms with Crippen molar-refractivity contribution in [3.8, 4) is 0 Å². The Bertz CT molecular complexity index is 461. The highest BCUT2D eigenvalue weighted by Crippen LogP contribution is 2.09. The summed E-state index contributed by atoms with van der Waals surface area (Å²) < 4.78 is 13.2. The second-order valence-electron chi connectivity index (χ2n) is 5.34. The van der Waals surface area contributed by atoms with Crippen LogP contribution in [0.5, 0.6) is 0 Å². The average Bonchev–Trinajstić information content (AvgIpc) is 2.36. The number of carbonyl (C=O) groups excluding carboxylic acids is 1. The van der Waals surface area contributed by atoms with E-state index in [2.05, 4.69) is 5.32 Å². The van der Waals surface area contributed by atoms with Crippen molar-refractivity contribution in [2.24, 2.45) is 0 Å². The Morgan fingerprint density at radius 1 is 1.40 bits per heavy atom. The van der Waals surface area contributed by atoms with Gasteiger partial charge in [0.05, 0.1) is 6.10 Å². The molecule has 0 aliphatic rings. The zero-order chi connectivity index (χ0) is 15.3. The van der Waals surface area contributed by atoms with Gasteiger partial charge in [-0.2, -0.15) is 0 Å². The van der Waals surface area contributed by atoms with E-state index in [1.165, 1.54) is 6.07 Å². The SMILES string of the molecule is Cc1cc(CNC(=O)N(CC(C)O)C(C)C)ccc1F. The Labute approximate surface area is 119 Å². The fourth-order valence-corrected chi connectivity index (χ4v) is 1.91. The first-order chi connectivity index (χ1) is 9.31. The summed E-state index contributed by atoms with van der Waals surface area (Å²) in [6.45, 7) is 7.74. The van der Waals surface area contributed by atoms with E-state index in [0.29, 0.717) is 12.1 Å². The predicted octanol–water partition coefficient (Wildman–Crippen LogP) is 2.43. The first-order valence-corrected chi connectivity index (χ1v) is 6.78. The van der Waals surface area contributed by atoms with E-state index in [1.54, 1.807) is 30.9 Å². The van der Waals surface area contributed by atoms with Gasteiger partial charge in [-0.15, -0.1) is 0 Å². The number of carbonyl (C=O) groups is 1. The minimum Gasteiger partial charge on any atom is -0.392 e. The van der Waals surface area contributed by atoms with Crippen molar-refractivity contribution in [3.05, 3.63) is 35.1 Å². The molecule has 1 rings (SSSR count). The molecule has 0 aromatic heterocycles. The summed E-state index contributed by atoms with van der Waals surface area (Å²) in [5.41, 5.74) is 1.40. The van der Waals surface area contributed by atoms with Gasteiger partial charge in [-0.05, 0) is 44.9 Å². The number of aryl methyl sites for hydroxylation is 1. The Hall–Kier alpha value is -1.62. The zero-order valence-corrected chi connectivity index (χ0v) is 12.5. The first-order valence-electron chi connectivity index (χ1n) is 6.78. The van der Waals surface area contributed by atoms with Gasteiger partial charge in [0.2, 0.25) is 0 Å². The lowest BCUT2D eigenvalue weighted by molar-refractivity contribution is 0.118. The number of rotatable bonds is 5. The van der Waals surface area contributed by atoms with Gasteiger partial charge in [0.15, 0.2) is 0 Å². The molecule has 5 heteroatoms. The first kappa shape index (κ1) is 16.4. The molecule has 0 radical (unpaired) electrons. The predicted molar refractivity (Wildman–Crippen MR) is 76.9 cm³/mol. The molecule has 0 heterocycles. The fraction of sp³-hybridized carbons (Fsp3) is 0.533. The van der Waals surface area contributed by atoms with E-state index >= 15 is 0 Å². The van der Waals surface area contributed by atoms with E-state index in [9.17, 15) is 14.3 Å². The van der Waals surface area contributed by atoms with Crippen molar-refractivity contribution in [1.29, 1.82) is 0 Å². The standard InChI is InChI=1S/C15H23FN2O2/c1-10(2)18(9-12(4)19)15(20)17-8-13-5-6-14(16)11(3)7-13/h5-7,10,12,19H,8-9H2,1-4H3,(H,17,20). The molecule has 0 aliphatic heterocycles. The van der Waals surface area contributed by atoms with Gasteiger partial charge in [-0.3, -0.25) is 0 Å². The smallest absolute Gasteiger partial charge is 0.317 e. The zero-order valence-electron chi connectivity index (χ0n) is 12.5. The van der Waals surface area contributed by atoms with Crippen molar-refractivity contribution in [3.63, 3.8) is 0 Å². The van der Waals surface area contributed by atoms with Crippen LogP contribution >= 0.6 is 0 Å². The van der Waals surface area contributed by atoms with E-state index in [4.69, 9.17) is 0 Å². The van der Waals surface area contributed by atoms with E-state index in [0.717, 1.165) is 5.56 Å². The lowest BCUT2D eigenvalue weighted by atomic mass is 10.1. The minimum absolute atomic E-state index is 0.000413. The summed E-state index contributed by atoms with van der Waals surface area (Å²) >= 11 is 0. The highest BCUT2D eigenvalue weighted by molar-refractivity contribution is 5.74.